The van der Waals surface area contributed by atoms with Crippen molar-refractivity contribution in [3.8, 4) is 5.75 Å². The van der Waals surface area contributed by atoms with Crippen molar-refractivity contribution in [3.63, 3.8) is 0 Å². The fraction of sp³-hybridized carbons (Fsp3) is 0.250. The van der Waals surface area contributed by atoms with Gasteiger partial charge in [0.2, 0.25) is 5.78 Å². The van der Waals surface area contributed by atoms with Gasteiger partial charge >= 0.3 is 0 Å². The highest BCUT2D eigenvalue weighted by Crippen LogP contribution is 2.56. The number of carbonyl (C=O) groups is 3. The number of phenols is 1. The van der Waals surface area contributed by atoms with Gasteiger partial charge in [0.25, 0.3) is 5.91 Å². The molecule has 10 nitrogen and oxygen atoms in total. The highest BCUT2D eigenvalue weighted by atomic mass is 19.1. The minimum Gasteiger partial charge on any atom is -0.508 e. The van der Waals surface area contributed by atoms with Crippen molar-refractivity contribution >= 4 is 34.9 Å². The number of primary amides is 1. The minimum atomic E-state index is -3.09. The summed E-state index contributed by atoms with van der Waals surface area (Å²) in [5.41, 5.74) is 0.292. The number of nitrogens with two attached hydrogens (primary N) is 1. The summed E-state index contributed by atoms with van der Waals surface area (Å²) in [5.74, 6) is -11.7. The summed E-state index contributed by atoms with van der Waals surface area (Å²) < 4.78 is 28.1. The first kappa shape index (κ1) is 27.2. The van der Waals surface area contributed by atoms with Crippen LogP contribution in [0.1, 0.15) is 16.7 Å². The molecule has 3 aliphatic rings. The number of phenolic OH excluding ortho intramolecular Hbond substituents is 1. The largest absolute Gasteiger partial charge is 0.508 e. The van der Waals surface area contributed by atoms with Gasteiger partial charge < -0.3 is 31.3 Å². The predicted octanol–water partition coefficient (Wildman–Crippen LogP) is 1.21. The maximum atomic E-state index is 14.1. The lowest BCUT2D eigenvalue weighted by Crippen LogP contribution is -2.70. The number of rotatable bonds is 3. The first-order chi connectivity index (χ1) is 18.7. The quantitative estimate of drug-likeness (QED) is 0.304. The Labute approximate surface area is 225 Å². The van der Waals surface area contributed by atoms with Gasteiger partial charge in [-0.2, -0.15) is 0 Å². The normalized spacial score (nSPS) is 29.0. The van der Waals surface area contributed by atoms with Crippen LogP contribution in [-0.2, 0) is 14.4 Å². The van der Waals surface area contributed by atoms with Crippen LogP contribution in [0.5, 0.6) is 5.75 Å². The van der Waals surface area contributed by atoms with E-state index in [-0.39, 0.29) is 22.3 Å². The maximum Gasteiger partial charge on any atom is 0.255 e. The number of amides is 1. The predicted molar refractivity (Wildman–Crippen MR) is 136 cm³/mol. The molecule has 2 aromatic rings. The summed E-state index contributed by atoms with van der Waals surface area (Å²) in [5, 5.41) is 56.3. The molecule has 3 aliphatic carbocycles. The summed E-state index contributed by atoms with van der Waals surface area (Å²) in [4.78, 5) is 40.7. The number of fused-ring (bicyclic) bond motifs is 3. The fourth-order valence-electron chi connectivity index (χ4n) is 6.15. The first-order valence-corrected chi connectivity index (χ1v) is 12.0. The lowest BCUT2D eigenvalue weighted by atomic mass is 9.55. The van der Waals surface area contributed by atoms with E-state index in [0.717, 1.165) is 12.1 Å². The summed E-state index contributed by atoms with van der Waals surface area (Å²) >= 11 is 0. The van der Waals surface area contributed by atoms with Crippen LogP contribution in [-0.4, -0.2) is 79.7 Å². The summed E-state index contributed by atoms with van der Waals surface area (Å²) in [7, 11) is 2.76. The third kappa shape index (κ3) is 3.60. The minimum absolute atomic E-state index is 0.0146. The van der Waals surface area contributed by atoms with Crippen molar-refractivity contribution in [1.29, 1.82) is 0 Å². The van der Waals surface area contributed by atoms with Crippen LogP contribution in [0.3, 0.4) is 0 Å². The van der Waals surface area contributed by atoms with Crippen molar-refractivity contribution in [1.82, 2.24) is 4.90 Å². The van der Waals surface area contributed by atoms with Crippen LogP contribution < -0.4 is 5.73 Å². The number of halogens is 2. The van der Waals surface area contributed by atoms with Crippen LogP contribution in [0.2, 0.25) is 0 Å². The van der Waals surface area contributed by atoms with Crippen molar-refractivity contribution in [2.24, 2.45) is 17.6 Å². The molecule has 0 aliphatic heterocycles. The van der Waals surface area contributed by atoms with Gasteiger partial charge in [0.1, 0.15) is 34.5 Å². The number of Topliss-reactive ketones (excluding diaryl/α,β-unsaturated/α-hetero) is 2. The van der Waals surface area contributed by atoms with E-state index in [0.29, 0.717) is 6.07 Å². The summed E-state index contributed by atoms with van der Waals surface area (Å²) in [6.45, 7) is 0. The van der Waals surface area contributed by atoms with Crippen molar-refractivity contribution in [2.75, 3.05) is 14.1 Å². The Kier molecular flexibility index (Phi) is 6.17. The number of benzene rings is 2. The molecule has 0 heterocycles. The highest BCUT2D eigenvalue weighted by molar-refractivity contribution is 6.25. The number of likely N-dealkylation sites (N-methyl/N-ethyl adjacent to an activating group) is 1. The molecule has 0 unspecified atom stereocenters. The summed E-state index contributed by atoms with van der Waals surface area (Å²) in [6.07, 6.45) is -0.671. The first-order valence-electron chi connectivity index (χ1n) is 12.0. The zero-order chi connectivity index (χ0) is 29.4. The Balaban J connectivity index is 1.87. The molecule has 12 heteroatoms. The van der Waals surface area contributed by atoms with E-state index in [1.165, 1.54) is 43.3 Å². The van der Waals surface area contributed by atoms with E-state index < -0.39 is 87.1 Å². The van der Waals surface area contributed by atoms with Crippen molar-refractivity contribution in [3.05, 3.63) is 81.6 Å². The van der Waals surface area contributed by atoms with Crippen LogP contribution >= 0.6 is 0 Å². The van der Waals surface area contributed by atoms with Crippen LogP contribution in [0.4, 0.5) is 8.78 Å². The van der Waals surface area contributed by atoms with Crippen LogP contribution in [0.25, 0.3) is 17.4 Å². The highest BCUT2D eigenvalue weighted by Gasteiger charge is 2.68. The molecule has 0 radical (unpaired) electrons. The average Bonchev–Trinajstić information content (AvgIpc) is 2.84. The Hall–Kier alpha value is -4.39. The lowest BCUT2D eigenvalue weighted by Gasteiger charge is -2.53. The molecule has 2 aromatic carbocycles. The Bertz CT molecular complexity index is 1590. The fourth-order valence-corrected chi connectivity index (χ4v) is 6.15. The second-order valence-corrected chi connectivity index (χ2v) is 10.2. The average molecular weight is 555 g/mol. The second kappa shape index (κ2) is 9.08. The molecule has 1 saturated carbocycles. The molecule has 0 aromatic heterocycles. The molecule has 208 valence electrons. The Morgan fingerprint density at radius 2 is 1.70 bits per heavy atom. The number of aliphatic hydroxyl groups excluding tert-OH is 3. The molecule has 5 rings (SSSR count). The number of nitrogens with zero attached hydrogens (tertiary/aromatic N) is 1. The molecule has 1 fully saturated rings. The third-order valence-electron chi connectivity index (χ3n) is 7.74. The second-order valence-electron chi connectivity index (χ2n) is 10.2. The van der Waals surface area contributed by atoms with Gasteiger partial charge in [0, 0.05) is 12.0 Å². The van der Waals surface area contributed by atoms with E-state index in [1.807, 2.05) is 0 Å². The maximum absolute atomic E-state index is 14.1. The molecule has 0 bridgehead atoms. The van der Waals surface area contributed by atoms with Crippen molar-refractivity contribution in [2.45, 2.75) is 17.7 Å². The van der Waals surface area contributed by atoms with Gasteiger partial charge in [-0.05, 0) is 49.0 Å². The molecule has 5 atom stereocenters. The van der Waals surface area contributed by atoms with E-state index in [9.17, 15) is 48.7 Å². The molecule has 0 spiro atoms. The zero-order valence-corrected chi connectivity index (χ0v) is 21.1. The van der Waals surface area contributed by atoms with Crippen molar-refractivity contribution < 1.29 is 48.7 Å². The Morgan fingerprint density at radius 3 is 2.27 bits per heavy atom. The smallest absolute Gasteiger partial charge is 0.255 e. The number of aliphatic hydroxyl groups is 4. The number of hydrogen-bond acceptors (Lipinski definition) is 9. The van der Waals surface area contributed by atoms with Gasteiger partial charge in [-0.25, -0.2) is 8.78 Å². The molecule has 1 amide bonds. The van der Waals surface area contributed by atoms with Gasteiger partial charge in [-0.15, -0.1) is 0 Å². The lowest BCUT2D eigenvalue weighted by molar-refractivity contribution is -0.166. The number of carbonyl (C=O) groups excluding carboxylic acids is 3. The molecule has 40 heavy (non-hydrogen) atoms. The molecule has 0 saturated heterocycles. The van der Waals surface area contributed by atoms with Gasteiger partial charge in [-0.3, -0.25) is 19.3 Å². The van der Waals surface area contributed by atoms with Gasteiger partial charge in [0.05, 0.1) is 29.2 Å². The SMILES string of the molecule is CN(C)[C@@H]1C(=O)C(C(N)=O)=C(O)[C@@]2(O)C(=O)C3=C(O)c4c(O)cccc4/C(=C\c4cc(F)cc(F)c4)[C@H]3[C@H](O)[C@@H]12. The molecular weight excluding hydrogens is 530 g/mol. The Morgan fingerprint density at radius 1 is 1.07 bits per heavy atom. The third-order valence-corrected chi connectivity index (χ3v) is 7.74. The standard InChI is InChI=1S/C28H24F2N2O8/c1-32(2)21-20-23(35)17-14(8-10-6-11(29)9-12(30)7-10)13-4-3-5-15(33)16(13)22(34)18(17)25(37)28(20,40)26(38)19(24(21)36)27(31)39/h3-9,17,20-21,23,33-35,38,40H,1-2H3,(H2,31,39)/b14-8+/t17-,20-,21+,23+,28+/m1/s1. The zero-order valence-electron chi connectivity index (χ0n) is 21.1. The molecule has 7 N–H and O–H groups in total. The van der Waals surface area contributed by atoms with Crippen LogP contribution in [0, 0.1) is 23.5 Å². The molecular formula is C28H24F2N2O8. The van der Waals surface area contributed by atoms with E-state index >= 15 is 0 Å². The monoisotopic (exact) mass is 554 g/mol. The number of hydrogen-bond donors (Lipinski definition) is 6. The van der Waals surface area contributed by atoms with E-state index in [2.05, 4.69) is 0 Å². The van der Waals surface area contributed by atoms with Crippen LogP contribution in [0.15, 0.2) is 53.3 Å². The summed E-state index contributed by atoms with van der Waals surface area (Å²) in [6, 6.07) is 5.07. The topological polar surface area (TPSA) is 182 Å². The van der Waals surface area contributed by atoms with E-state index in [1.54, 1.807) is 0 Å². The van der Waals surface area contributed by atoms with Gasteiger partial charge in [0.15, 0.2) is 11.4 Å². The van der Waals surface area contributed by atoms with Gasteiger partial charge in [-0.1, -0.05) is 18.2 Å². The number of ketones is 2. The number of aromatic hydroxyl groups is 1. The van der Waals surface area contributed by atoms with E-state index in [4.69, 9.17) is 5.73 Å².